The molecule has 4 aromatic rings. The number of nitrogens with zero attached hydrogens (tertiary/aromatic N) is 5. The summed E-state index contributed by atoms with van der Waals surface area (Å²) in [4.78, 5) is 52.6. The molecule has 5 rings (SSSR count). The topological polar surface area (TPSA) is 134 Å². The number of carbonyl (C=O) groups is 3. The number of carbonyl (C=O) groups excluding carboxylic acids is 3. The van der Waals surface area contributed by atoms with Crippen LogP contribution in [0.15, 0.2) is 66.0 Å². The van der Waals surface area contributed by atoms with Gasteiger partial charge in [-0.05, 0) is 42.7 Å². The molecule has 3 heterocycles. The van der Waals surface area contributed by atoms with Gasteiger partial charge in [0.15, 0.2) is 5.82 Å². The monoisotopic (exact) mass is 670 g/mol. The van der Waals surface area contributed by atoms with E-state index in [9.17, 15) is 14.4 Å². The molecule has 0 fully saturated rings. The third kappa shape index (κ3) is 9.57. The standard InChI is InChI=1S/C36H46N8O3S/c1-23(2)16-29-36-41-31(22-48-36)35(47)40-28(17-26-12-8-6-9-13-26)34-37-25(5)42-44(34)21-33(46)39-30(24(3)4)19-43(20-32(45)38-29)18-27-14-10-7-11-15-27/h6-15,22-24,28-30H,16-21H2,1-5H3,(H,38,45)(H,39,46)(H,40,47)/t28-,29-,30+/m0/s1. The van der Waals surface area contributed by atoms with Gasteiger partial charge in [0.2, 0.25) is 11.8 Å². The molecule has 2 aromatic heterocycles. The maximum absolute atomic E-state index is 13.7. The summed E-state index contributed by atoms with van der Waals surface area (Å²) in [6.07, 6.45) is 1.11. The molecule has 11 nitrogen and oxygen atoms in total. The summed E-state index contributed by atoms with van der Waals surface area (Å²) < 4.78 is 1.58. The van der Waals surface area contributed by atoms with Crippen molar-refractivity contribution in [1.29, 1.82) is 0 Å². The summed E-state index contributed by atoms with van der Waals surface area (Å²) in [7, 11) is 0. The molecule has 0 radical (unpaired) electrons. The van der Waals surface area contributed by atoms with E-state index in [-0.39, 0.29) is 60.4 Å². The first-order valence-corrected chi connectivity index (χ1v) is 17.5. The van der Waals surface area contributed by atoms with Crippen LogP contribution in [0.5, 0.6) is 0 Å². The van der Waals surface area contributed by atoms with Gasteiger partial charge in [0, 0.05) is 24.5 Å². The Hall–Kier alpha value is -4.42. The maximum Gasteiger partial charge on any atom is 0.271 e. The lowest BCUT2D eigenvalue weighted by Crippen LogP contribution is -2.50. The molecule has 0 saturated carbocycles. The van der Waals surface area contributed by atoms with Crippen LogP contribution in [-0.4, -0.2) is 61.5 Å². The summed E-state index contributed by atoms with van der Waals surface area (Å²) >= 11 is 1.37. The maximum atomic E-state index is 13.7. The highest BCUT2D eigenvalue weighted by Gasteiger charge is 2.29. The average Bonchev–Trinajstić information content (AvgIpc) is 3.67. The van der Waals surface area contributed by atoms with Crippen LogP contribution in [0, 0.1) is 18.8 Å². The molecule has 0 unspecified atom stereocenters. The Morgan fingerprint density at radius 1 is 0.833 bits per heavy atom. The van der Waals surface area contributed by atoms with Gasteiger partial charge in [0.1, 0.15) is 23.1 Å². The van der Waals surface area contributed by atoms with Crippen LogP contribution in [0.4, 0.5) is 0 Å². The van der Waals surface area contributed by atoms with Crippen molar-refractivity contribution in [2.75, 3.05) is 13.1 Å². The van der Waals surface area contributed by atoms with Crippen LogP contribution in [0.2, 0.25) is 0 Å². The molecule has 0 spiro atoms. The van der Waals surface area contributed by atoms with E-state index >= 15 is 0 Å². The Kier molecular flexibility index (Phi) is 11.7. The third-order valence-corrected chi connectivity index (χ3v) is 9.27. The van der Waals surface area contributed by atoms with Crippen molar-refractivity contribution in [3.8, 4) is 0 Å². The van der Waals surface area contributed by atoms with Gasteiger partial charge in [-0.15, -0.1) is 11.3 Å². The van der Waals surface area contributed by atoms with Gasteiger partial charge in [-0.25, -0.2) is 14.6 Å². The predicted molar refractivity (Wildman–Crippen MR) is 186 cm³/mol. The van der Waals surface area contributed by atoms with E-state index in [0.29, 0.717) is 42.6 Å². The molecular formula is C36H46N8O3S. The minimum absolute atomic E-state index is 0.0720. The largest absolute Gasteiger partial charge is 0.350 e. The zero-order valence-electron chi connectivity index (χ0n) is 28.3. The van der Waals surface area contributed by atoms with Gasteiger partial charge >= 0.3 is 0 Å². The average molecular weight is 671 g/mol. The normalized spacial score (nSPS) is 20.1. The summed E-state index contributed by atoms with van der Waals surface area (Å²) in [5.74, 6) is 0.635. The fourth-order valence-corrected chi connectivity index (χ4v) is 6.80. The van der Waals surface area contributed by atoms with E-state index in [2.05, 4.69) is 53.6 Å². The molecule has 0 saturated heterocycles. The Morgan fingerprint density at radius 2 is 1.50 bits per heavy atom. The Morgan fingerprint density at radius 3 is 2.17 bits per heavy atom. The van der Waals surface area contributed by atoms with E-state index < -0.39 is 6.04 Å². The van der Waals surface area contributed by atoms with Crippen LogP contribution in [0.3, 0.4) is 0 Å². The summed E-state index contributed by atoms with van der Waals surface area (Å²) in [6, 6.07) is 18.7. The lowest BCUT2D eigenvalue weighted by Gasteiger charge is -2.31. The second-order valence-electron chi connectivity index (χ2n) is 13.3. The van der Waals surface area contributed by atoms with Crippen molar-refractivity contribution in [3.05, 3.63) is 99.5 Å². The fourth-order valence-electron chi connectivity index (χ4n) is 5.94. The van der Waals surface area contributed by atoms with Crippen molar-refractivity contribution in [2.45, 2.75) is 78.7 Å². The number of rotatable bonds is 7. The highest BCUT2D eigenvalue weighted by Crippen LogP contribution is 2.26. The Bertz CT molecular complexity index is 1670. The smallest absolute Gasteiger partial charge is 0.271 e. The number of aryl methyl sites for hydroxylation is 1. The van der Waals surface area contributed by atoms with Crippen molar-refractivity contribution < 1.29 is 14.4 Å². The van der Waals surface area contributed by atoms with Gasteiger partial charge in [-0.1, -0.05) is 88.4 Å². The first kappa shape index (κ1) is 34.9. The Labute approximate surface area is 286 Å². The van der Waals surface area contributed by atoms with Crippen molar-refractivity contribution >= 4 is 29.1 Å². The van der Waals surface area contributed by atoms with E-state index in [4.69, 9.17) is 9.97 Å². The number of thiazole rings is 1. The van der Waals surface area contributed by atoms with E-state index in [1.54, 1.807) is 17.0 Å². The second-order valence-corrected chi connectivity index (χ2v) is 14.2. The van der Waals surface area contributed by atoms with Gasteiger partial charge < -0.3 is 16.0 Å². The van der Waals surface area contributed by atoms with Gasteiger partial charge in [0.25, 0.3) is 5.91 Å². The molecule has 1 aliphatic rings. The molecule has 3 N–H and O–H groups in total. The van der Waals surface area contributed by atoms with E-state index in [0.717, 1.165) is 11.1 Å². The molecule has 0 aliphatic carbocycles. The molecular weight excluding hydrogens is 625 g/mol. The second kappa shape index (κ2) is 16.1. The van der Waals surface area contributed by atoms with Crippen LogP contribution in [0.25, 0.3) is 0 Å². The molecule has 2 bridgehead atoms. The zero-order chi connectivity index (χ0) is 34.2. The summed E-state index contributed by atoms with van der Waals surface area (Å²) in [5.41, 5.74) is 2.34. The molecule has 3 atom stereocenters. The number of nitrogens with one attached hydrogen (secondary N) is 3. The highest BCUT2D eigenvalue weighted by molar-refractivity contribution is 7.09. The number of hydrogen-bond donors (Lipinski definition) is 3. The van der Waals surface area contributed by atoms with Crippen LogP contribution in [0.1, 0.15) is 84.5 Å². The Balaban J connectivity index is 1.53. The molecule has 2 aromatic carbocycles. The quantitative estimate of drug-likeness (QED) is 0.261. The molecule has 3 amide bonds. The molecule has 254 valence electrons. The van der Waals surface area contributed by atoms with Crippen LogP contribution in [-0.2, 0) is 29.1 Å². The van der Waals surface area contributed by atoms with E-state index in [1.807, 2.05) is 60.7 Å². The van der Waals surface area contributed by atoms with Crippen molar-refractivity contribution in [1.82, 2.24) is 40.6 Å². The lowest BCUT2D eigenvalue weighted by molar-refractivity contribution is -0.123. The number of fused-ring (bicyclic) bond motifs is 3. The molecule has 1 aliphatic heterocycles. The first-order chi connectivity index (χ1) is 23.0. The fraction of sp³-hybridized carbons (Fsp3) is 0.444. The summed E-state index contributed by atoms with van der Waals surface area (Å²) in [5, 5.41) is 16.5. The van der Waals surface area contributed by atoms with E-state index in [1.165, 1.54) is 11.3 Å². The van der Waals surface area contributed by atoms with Gasteiger partial charge in [-0.3, -0.25) is 19.3 Å². The SMILES string of the molecule is Cc1nc2n(n1)CC(=O)N[C@@H](C(C)C)CN(Cc1ccccc1)CC(=O)N[C@@H](CC(C)C)c1nc(cs1)C(=O)N[C@H]2Cc1ccccc1. The minimum Gasteiger partial charge on any atom is -0.350 e. The number of hydrogen-bond acceptors (Lipinski definition) is 8. The van der Waals surface area contributed by atoms with Gasteiger partial charge in [0.05, 0.1) is 18.6 Å². The number of benzene rings is 2. The number of aromatic nitrogens is 4. The lowest BCUT2D eigenvalue weighted by atomic mass is 10.0. The van der Waals surface area contributed by atoms with Crippen molar-refractivity contribution in [2.24, 2.45) is 11.8 Å². The highest BCUT2D eigenvalue weighted by atomic mass is 32.1. The van der Waals surface area contributed by atoms with Crippen LogP contribution < -0.4 is 16.0 Å². The van der Waals surface area contributed by atoms with Gasteiger partial charge in [-0.2, -0.15) is 5.10 Å². The summed E-state index contributed by atoms with van der Waals surface area (Å²) in [6.45, 7) is 11.2. The molecule has 12 heteroatoms. The third-order valence-electron chi connectivity index (χ3n) is 8.32. The minimum atomic E-state index is -0.577. The van der Waals surface area contributed by atoms with Crippen molar-refractivity contribution in [3.63, 3.8) is 0 Å². The predicted octanol–water partition coefficient (Wildman–Crippen LogP) is 4.62. The zero-order valence-corrected chi connectivity index (χ0v) is 29.2. The number of amides is 3. The first-order valence-electron chi connectivity index (χ1n) is 16.6. The molecule has 48 heavy (non-hydrogen) atoms. The van der Waals surface area contributed by atoms with Crippen LogP contribution >= 0.6 is 11.3 Å².